The van der Waals surface area contributed by atoms with Crippen molar-refractivity contribution >= 4 is 27.6 Å². The third kappa shape index (κ3) is 4.19. The van der Waals surface area contributed by atoms with Crippen molar-refractivity contribution in [2.45, 2.75) is 31.2 Å². The van der Waals surface area contributed by atoms with E-state index in [9.17, 15) is 18.3 Å². The zero-order valence-electron chi connectivity index (χ0n) is 16.0. The molecular weight excluding hydrogens is 414 g/mol. The highest BCUT2D eigenvalue weighted by Gasteiger charge is 2.30. The number of carbonyl (C=O) groups is 1. The lowest BCUT2D eigenvalue weighted by molar-refractivity contribution is 0.0675. The van der Waals surface area contributed by atoms with Gasteiger partial charge in [-0.25, -0.2) is 18.4 Å². The van der Waals surface area contributed by atoms with Crippen molar-refractivity contribution in [1.29, 1.82) is 0 Å². The molecule has 3 rings (SSSR count). The van der Waals surface area contributed by atoms with Crippen molar-refractivity contribution in [3.8, 4) is 22.4 Å². The third-order valence-electron chi connectivity index (χ3n) is 4.31. The van der Waals surface area contributed by atoms with E-state index in [0.29, 0.717) is 27.4 Å². The van der Waals surface area contributed by atoms with Crippen LogP contribution in [0.25, 0.3) is 22.4 Å². The van der Waals surface area contributed by atoms with Crippen LogP contribution < -0.4 is 5.14 Å². The van der Waals surface area contributed by atoms with Crippen molar-refractivity contribution in [3.05, 3.63) is 59.2 Å². The molecular formula is C20H20ClN3O4S. The molecule has 1 aromatic heterocycles. The van der Waals surface area contributed by atoms with Gasteiger partial charge in [0.15, 0.2) is 5.69 Å². The van der Waals surface area contributed by atoms with Crippen LogP contribution in [-0.4, -0.2) is 29.3 Å². The fourth-order valence-corrected chi connectivity index (χ4v) is 3.64. The lowest BCUT2D eigenvalue weighted by Crippen LogP contribution is -2.27. The number of rotatable bonds is 4. The van der Waals surface area contributed by atoms with Gasteiger partial charge in [0, 0.05) is 16.1 Å². The van der Waals surface area contributed by atoms with Crippen LogP contribution >= 0.6 is 11.6 Å². The average Bonchev–Trinajstić information content (AvgIpc) is 3.03. The van der Waals surface area contributed by atoms with Gasteiger partial charge in [0.2, 0.25) is 10.0 Å². The summed E-state index contributed by atoms with van der Waals surface area (Å²) < 4.78 is 24.6. The van der Waals surface area contributed by atoms with Gasteiger partial charge < -0.3 is 5.11 Å². The summed E-state index contributed by atoms with van der Waals surface area (Å²) in [5, 5.41) is 20.2. The van der Waals surface area contributed by atoms with Crippen LogP contribution in [0, 0.1) is 0 Å². The van der Waals surface area contributed by atoms with E-state index in [1.165, 1.54) is 16.8 Å². The maximum absolute atomic E-state index is 12.2. The van der Waals surface area contributed by atoms with Crippen molar-refractivity contribution in [1.82, 2.24) is 9.78 Å². The summed E-state index contributed by atoms with van der Waals surface area (Å²) in [6, 6.07) is 12.6. The van der Waals surface area contributed by atoms with Gasteiger partial charge in [0.1, 0.15) is 5.69 Å². The third-order valence-corrected chi connectivity index (χ3v) is 5.49. The zero-order chi connectivity index (χ0) is 21.6. The largest absolute Gasteiger partial charge is 0.477 e. The van der Waals surface area contributed by atoms with Crippen molar-refractivity contribution in [2.24, 2.45) is 5.14 Å². The molecule has 0 fully saturated rings. The van der Waals surface area contributed by atoms with E-state index < -0.39 is 21.5 Å². The van der Waals surface area contributed by atoms with E-state index >= 15 is 0 Å². The first-order valence-corrected chi connectivity index (χ1v) is 10.6. The zero-order valence-corrected chi connectivity index (χ0v) is 17.6. The van der Waals surface area contributed by atoms with Crippen LogP contribution in [0.1, 0.15) is 31.3 Å². The van der Waals surface area contributed by atoms with Gasteiger partial charge in [-0.3, -0.25) is 4.68 Å². The average molecular weight is 434 g/mol. The number of carboxylic acids is 1. The van der Waals surface area contributed by atoms with Crippen LogP contribution in [0.2, 0.25) is 5.02 Å². The summed E-state index contributed by atoms with van der Waals surface area (Å²) in [5.41, 5.74) is 1.47. The molecule has 29 heavy (non-hydrogen) atoms. The summed E-state index contributed by atoms with van der Waals surface area (Å²) in [6.45, 7) is 5.56. The van der Waals surface area contributed by atoms with Gasteiger partial charge in [-0.2, -0.15) is 5.10 Å². The lowest BCUT2D eigenvalue weighted by Gasteiger charge is -2.21. The number of sulfonamides is 1. The molecule has 0 spiro atoms. The lowest BCUT2D eigenvalue weighted by atomic mass is 9.98. The molecule has 7 nitrogen and oxygen atoms in total. The Labute approximate surface area is 173 Å². The summed E-state index contributed by atoms with van der Waals surface area (Å²) >= 11 is 5.99. The van der Waals surface area contributed by atoms with Crippen LogP contribution in [0.15, 0.2) is 53.4 Å². The summed E-state index contributed by atoms with van der Waals surface area (Å²) in [7, 11) is -3.84. The second-order valence-corrected chi connectivity index (χ2v) is 9.53. The fraction of sp³-hybridized carbons (Fsp3) is 0.200. The van der Waals surface area contributed by atoms with E-state index in [1.807, 2.05) is 20.8 Å². The maximum atomic E-state index is 12.2. The quantitative estimate of drug-likeness (QED) is 0.645. The Hall–Kier alpha value is -2.68. The smallest absolute Gasteiger partial charge is 0.354 e. The van der Waals surface area contributed by atoms with Gasteiger partial charge in [-0.1, -0.05) is 35.9 Å². The van der Waals surface area contributed by atoms with Gasteiger partial charge in [-0.15, -0.1) is 0 Å². The fourth-order valence-electron chi connectivity index (χ4n) is 3.00. The van der Waals surface area contributed by atoms with Gasteiger partial charge >= 0.3 is 5.97 Å². The number of carboxylic acid groups (broad SMARTS) is 1. The molecule has 0 saturated carbocycles. The molecule has 152 valence electrons. The van der Waals surface area contributed by atoms with Crippen LogP contribution in [-0.2, 0) is 15.6 Å². The Kier molecular flexibility index (Phi) is 5.29. The molecule has 0 aliphatic rings. The van der Waals surface area contributed by atoms with Crippen LogP contribution in [0.3, 0.4) is 0 Å². The highest BCUT2D eigenvalue weighted by atomic mass is 35.5. The number of aromatic nitrogens is 2. The molecule has 0 atom stereocenters. The Bertz CT molecular complexity index is 1180. The van der Waals surface area contributed by atoms with Crippen molar-refractivity contribution < 1.29 is 18.3 Å². The molecule has 0 aliphatic carbocycles. The number of halogens is 1. The van der Waals surface area contributed by atoms with Gasteiger partial charge in [0.25, 0.3) is 0 Å². The van der Waals surface area contributed by atoms with Crippen molar-refractivity contribution in [3.63, 3.8) is 0 Å². The maximum Gasteiger partial charge on any atom is 0.354 e. The number of nitrogens with zero attached hydrogens (tertiary/aromatic N) is 2. The monoisotopic (exact) mass is 433 g/mol. The van der Waals surface area contributed by atoms with E-state index in [-0.39, 0.29) is 10.6 Å². The Morgan fingerprint density at radius 3 is 2.00 bits per heavy atom. The van der Waals surface area contributed by atoms with Gasteiger partial charge in [-0.05, 0) is 50.6 Å². The Balaban J connectivity index is 2.34. The highest BCUT2D eigenvalue weighted by molar-refractivity contribution is 7.89. The predicted molar refractivity (Wildman–Crippen MR) is 111 cm³/mol. The van der Waals surface area contributed by atoms with Crippen molar-refractivity contribution in [2.75, 3.05) is 0 Å². The molecule has 1 heterocycles. The van der Waals surface area contributed by atoms with Crippen LogP contribution in [0.4, 0.5) is 0 Å². The molecule has 2 aromatic carbocycles. The first-order valence-electron chi connectivity index (χ1n) is 8.65. The van der Waals surface area contributed by atoms with E-state index in [4.69, 9.17) is 16.7 Å². The molecule has 0 radical (unpaired) electrons. The minimum atomic E-state index is -3.84. The van der Waals surface area contributed by atoms with Crippen LogP contribution in [0.5, 0.6) is 0 Å². The minimum absolute atomic E-state index is 0.0327. The number of benzene rings is 2. The number of aromatic carboxylic acids is 1. The molecule has 9 heteroatoms. The second-order valence-electron chi connectivity index (χ2n) is 7.54. The molecule has 0 aliphatic heterocycles. The second kappa shape index (κ2) is 7.29. The molecule has 0 bridgehead atoms. The number of hydrogen-bond donors (Lipinski definition) is 2. The first kappa shape index (κ1) is 21.0. The number of hydrogen-bond acceptors (Lipinski definition) is 4. The first-order chi connectivity index (χ1) is 13.4. The van der Waals surface area contributed by atoms with Gasteiger partial charge in [0.05, 0.1) is 10.4 Å². The molecule has 0 unspecified atom stereocenters. The molecule has 0 amide bonds. The summed E-state index contributed by atoms with van der Waals surface area (Å²) in [4.78, 5) is 12.1. The highest BCUT2D eigenvalue weighted by Crippen LogP contribution is 2.37. The number of nitrogens with two attached hydrogens (primary N) is 1. The SMILES string of the molecule is CC(C)(C)n1nc(-c2ccc(S(N)(=O)=O)cc2)c(-c2ccc(Cl)cc2)c1C(=O)O. The topological polar surface area (TPSA) is 115 Å². The molecule has 3 N–H and O–H groups in total. The van der Waals surface area contributed by atoms with E-state index in [1.54, 1.807) is 36.4 Å². The minimum Gasteiger partial charge on any atom is -0.477 e. The Morgan fingerprint density at radius 1 is 1.03 bits per heavy atom. The number of primary sulfonamides is 1. The summed E-state index contributed by atoms with van der Waals surface area (Å²) in [5.74, 6) is -1.12. The van der Waals surface area contributed by atoms with E-state index in [2.05, 4.69) is 5.10 Å². The Morgan fingerprint density at radius 2 is 1.55 bits per heavy atom. The van der Waals surface area contributed by atoms with E-state index in [0.717, 1.165) is 0 Å². The molecule has 3 aromatic rings. The molecule has 0 saturated heterocycles. The standard InChI is InChI=1S/C20H20ClN3O4S/c1-20(2,3)24-18(19(25)26)16(12-4-8-14(21)9-5-12)17(23-24)13-6-10-15(11-7-13)29(22,27)28/h4-11H,1-3H3,(H,25,26)(H2,22,27,28). The predicted octanol–water partition coefficient (Wildman–Crippen LogP) is 3.97. The normalized spacial score (nSPS) is 12.2. The summed E-state index contributed by atoms with van der Waals surface area (Å²) in [6.07, 6.45) is 0.